The Hall–Kier alpha value is -2.45. The van der Waals surface area contributed by atoms with Crippen LogP contribution in [0.3, 0.4) is 0 Å². The van der Waals surface area contributed by atoms with E-state index in [1.165, 1.54) is 25.4 Å². The number of pyridine rings is 1. The van der Waals surface area contributed by atoms with Gasteiger partial charge in [0.05, 0.1) is 25.3 Å². The number of carbonyl (C=O) groups excluding carboxylic acids is 2. The first kappa shape index (κ1) is 24.2. The minimum Gasteiger partial charge on any atom is -0.494 e. The third-order valence-electron chi connectivity index (χ3n) is 5.33. The van der Waals surface area contributed by atoms with Gasteiger partial charge in [-0.2, -0.15) is 0 Å². The predicted molar refractivity (Wildman–Crippen MR) is 116 cm³/mol. The van der Waals surface area contributed by atoms with E-state index in [9.17, 15) is 9.59 Å². The van der Waals surface area contributed by atoms with Crippen molar-refractivity contribution in [2.45, 2.75) is 45.1 Å². The van der Waals surface area contributed by atoms with Gasteiger partial charge >= 0.3 is 5.97 Å². The number of hydrogen-bond donors (Lipinski definition) is 0. The number of rotatable bonds is 8. The molecule has 6 nitrogen and oxygen atoms in total. The zero-order chi connectivity index (χ0) is 23.4. The quantitative estimate of drug-likeness (QED) is 0.282. The average molecular weight is 487 g/mol. The molecule has 172 valence electrons. The molecule has 0 N–H and O–H groups in total. The molecule has 0 bridgehead atoms. The van der Waals surface area contributed by atoms with Gasteiger partial charge in [0.25, 0.3) is 0 Å². The van der Waals surface area contributed by atoms with E-state index in [0.717, 1.165) is 24.2 Å². The van der Waals surface area contributed by atoms with Gasteiger partial charge in [-0.25, -0.2) is 13.8 Å². The third-order valence-corrected chi connectivity index (χ3v) is 5.89. The molecule has 3 rings (SSSR count). The van der Waals surface area contributed by atoms with E-state index >= 15 is 8.78 Å². The van der Waals surface area contributed by atoms with Crippen LogP contribution in [0.25, 0.3) is 0 Å². The molecule has 1 aromatic carbocycles. The molecule has 0 aliphatic heterocycles. The largest absolute Gasteiger partial charge is 0.494 e. The molecule has 1 heterocycles. The highest BCUT2D eigenvalue weighted by atomic mass is 35.5. The summed E-state index contributed by atoms with van der Waals surface area (Å²) >= 11 is 12.0. The van der Waals surface area contributed by atoms with Crippen LogP contribution >= 0.6 is 23.2 Å². The number of aromatic nitrogens is 1. The highest BCUT2D eigenvalue weighted by molar-refractivity contribution is 6.34. The highest BCUT2D eigenvalue weighted by Crippen LogP contribution is 2.44. The minimum atomic E-state index is -1.05. The summed E-state index contributed by atoms with van der Waals surface area (Å²) in [5, 5.41) is 0.274. The molecule has 0 atom stereocenters. The molecule has 1 aliphatic carbocycles. The number of hydrogen-bond acceptors (Lipinski definition) is 5. The van der Waals surface area contributed by atoms with Gasteiger partial charge in [0.15, 0.2) is 17.4 Å². The standard InChI is InChI=1S/C22H22Cl2F2N2O4/c1-3-32-19(30)9-18(29)28(11-13-10-27-17(24)8-15(13)23)22-20(25)14(12-5-4-6-12)7-16(31-2)21(22)26/h7-8,10,12H,3-6,9,11H2,1-2H3. The van der Waals surface area contributed by atoms with Crippen LogP contribution in [0, 0.1) is 11.6 Å². The van der Waals surface area contributed by atoms with Crippen molar-refractivity contribution in [3.05, 3.63) is 51.3 Å². The van der Waals surface area contributed by atoms with Crippen molar-refractivity contribution in [2.75, 3.05) is 18.6 Å². The molecule has 0 radical (unpaired) electrons. The first-order valence-electron chi connectivity index (χ1n) is 10.1. The van der Waals surface area contributed by atoms with E-state index in [-0.39, 0.29) is 40.6 Å². The number of benzene rings is 1. The molecule has 1 aromatic heterocycles. The Morgan fingerprint density at radius 1 is 1.22 bits per heavy atom. The van der Waals surface area contributed by atoms with Crippen LogP contribution in [-0.4, -0.2) is 30.6 Å². The van der Waals surface area contributed by atoms with Crippen molar-refractivity contribution in [1.82, 2.24) is 4.98 Å². The zero-order valence-corrected chi connectivity index (χ0v) is 19.1. The third kappa shape index (κ3) is 5.13. The maximum absolute atomic E-state index is 15.6. The van der Waals surface area contributed by atoms with Crippen LogP contribution in [-0.2, 0) is 20.9 Å². The number of nitrogens with zero attached hydrogens (tertiary/aromatic N) is 2. The van der Waals surface area contributed by atoms with Crippen LogP contribution in [0.5, 0.6) is 5.75 Å². The molecular weight excluding hydrogens is 465 g/mol. The van der Waals surface area contributed by atoms with E-state index < -0.39 is 35.6 Å². The van der Waals surface area contributed by atoms with Gasteiger partial charge in [-0.1, -0.05) is 29.6 Å². The molecule has 1 amide bonds. The lowest BCUT2D eigenvalue weighted by molar-refractivity contribution is -0.145. The normalized spacial score (nSPS) is 13.4. The van der Waals surface area contributed by atoms with Gasteiger partial charge in [-0.3, -0.25) is 9.59 Å². The Kier molecular flexibility index (Phi) is 7.90. The van der Waals surface area contributed by atoms with E-state index in [1.54, 1.807) is 6.92 Å². The van der Waals surface area contributed by atoms with Gasteiger partial charge in [0.1, 0.15) is 17.3 Å². The molecule has 2 aromatic rings. The maximum atomic E-state index is 15.6. The molecule has 1 fully saturated rings. The second-order valence-corrected chi connectivity index (χ2v) is 8.13. The summed E-state index contributed by atoms with van der Waals surface area (Å²) in [4.78, 5) is 29.7. The SMILES string of the molecule is CCOC(=O)CC(=O)N(Cc1cnc(Cl)cc1Cl)c1c(F)c(OC)cc(C2CCC2)c1F. The Bertz CT molecular complexity index is 1030. The van der Waals surface area contributed by atoms with Crippen molar-refractivity contribution in [3.63, 3.8) is 0 Å². The molecule has 0 spiro atoms. The first-order valence-corrected chi connectivity index (χ1v) is 10.8. The van der Waals surface area contributed by atoms with Crippen molar-refractivity contribution in [3.8, 4) is 5.75 Å². The van der Waals surface area contributed by atoms with Crippen LogP contribution < -0.4 is 9.64 Å². The van der Waals surface area contributed by atoms with Gasteiger partial charge in [-0.05, 0) is 43.4 Å². The summed E-state index contributed by atoms with van der Waals surface area (Å²) in [5.41, 5.74) is -0.0505. The van der Waals surface area contributed by atoms with Gasteiger partial charge in [-0.15, -0.1) is 0 Å². The van der Waals surface area contributed by atoms with Crippen molar-refractivity contribution in [1.29, 1.82) is 0 Å². The molecule has 0 unspecified atom stereocenters. The summed E-state index contributed by atoms with van der Waals surface area (Å²) in [5.74, 6) is -3.90. The van der Waals surface area contributed by atoms with Crippen molar-refractivity contribution in [2.24, 2.45) is 0 Å². The first-order chi connectivity index (χ1) is 15.3. The van der Waals surface area contributed by atoms with Crippen LogP contribution in [0.2, 0.25) is 10.2 Å². The number of carbonyl (C=O) groups is 2. The summed E-state index contributed by atoms with van der Waals surface area (Å²) in [6.07, 6.45) is 3.01. The minimum absolute atomic E-state index is 0.0623. The molecule has 0 saturated heterocycles. The molecular formula is C22H22Cl2F2N2O4. The number of esters is 1. The lowest BCUT2D eigenvalue weighted by Crippen LogP contribution is -2.34. The summed E-state index contributed by atoms with van der Waals surface area (Å²) in [7, 11) is 1.26. The summed E-state index contributed by atoms with van der Waals surface area (Å²) in [6.45, 7) is 1.31. The van der Waals surface area contributed by atoms with Gasteiger partial charge in [0, 0.05) is 11.8 Å². The Morgan fingerprint density at radius 3 is 2.50 bits per heavy atom. The van der Waals surface area contributed by atoms with Crippen LogP contribution in [0.4, 0.5) is 14.5 Å². The zero-order valence-electron chi connectivity index (χ0n) is 17.6. The van der Waals surface area contributed by atoms with Crippen LogP contribution in [0.1, 0.15) is 49.7 Å². The van der Waals surface area contributed by atoms with Gasteiger partial charge < -0.3 is 14.4 Å². The molecule has 1 aliphatic rings. The molecule has 1 saturated carbocycles. The highest BCUT2D eigenvalue weighted by Gasteiger charge is 2.33. The Morgan fingerprint density at radius 2 is 1.94 bits per heavy atom. The second kappa shape index (κ2) is 10.4. The van der Waals surface area contributed by atoms with E-state index in [4.69, 9.17) is 32.7 Å². The van der Waals surface area contributed by atoms with Gasteiger partial charge in [0.2, 0.25) is 5.91 Å². The molecule has 10 heteroatoms. The number of amides is 1. The monoisotopic (exact) mass is 486 g/mol. The summed E-state index contributed by atoms with van der Waals surface area (Å²) < 4.78 is 40.9. The number of ether oxygens (including phenoxy) is 2. The average Bonchev–Trinajstić information content (AvgIpc) is 2.69. The van der Waals surface area contributed by atoms with E-state index in [2.05, 4.69) is 4.98 Å². The summed E-state index contributed by atoms with van der Waals surface area (Å²) in [6, 6.07) is 2.67. The van der Waals surface area contributed by atoms with E-state index in [0.29, 0.717) is 5.56 Å². The topological polar surface area (TPSA) is 68.7 Å². The van der Waals surface area contributed by atoms with E-state index in [1.807, 2.05) is 0 Å². The predicted octanol–water partition coefficient (Wildman–Crippen LogP) is 5.43. The fourth-order valence-electron chi connectivity index (χ4n) is 3.46. The van der Waals surface area contributed by atoms with Crippen molar-refractivity contribution < 1.29 is 27.8 Å². The molecule has 32 heavy (non-hydrogen) atoms. The number of methoxy groups -OCH3 is 1. The fourth-order valence-corrected chi connectivity index (χ4v) is 3.89. The number of anilines is 1. The smallest absolute Gasteiger partial charge is 0.315 e. The maximum Gasteiger partial charge on any atom is 0.315 e. The second-order valence-electron chi connectivity index (χ2n) is 7.33. The van der Waals surface area contributed by atoms with Crippen molar-refractivity contribution >= 4 is 40.8 Å². The Labute approximate surface area is 194 Å². The fraction of sp³-hybridized carbons (Fsp3) is 0.409. The van der Waals surface area contributed by atoms with Crippen LogP contribution in [0.15, 0.2) is 18.3 Å². The Balaban J connectivity index is 2.11. The number of halogens is 4. The lowest BCUT2D eigenvalue weighted by atomic mass is 9.79. The lowest BCUT2D eigenvalue weighted by Gasteiger charge is -2.30.